The van der Waals surface area contributed by atoms with Gasteiger partial charge in [0.05, 0.1) is 11.4 Å². The lowest BCUT2D eigenvalue weighted by atomic mass is 10.1. The van der Waals surface area contributed by atoms with Crippen molar-refractivity contribution < 1.29 is 14.0 Å². The molecule has 118 valence electrons. The van der Waals surface area contributed by atoms with E-state index in [1.165, 1.54) is 18.2 Å². The highest BCUT2D eigenvalue weighted by Crippen LogP contribution is 2.12. The van der Waals surface area contributed by atoms with Crippen molar-refractivity contribution >= 4 is 39.1 Å². The molecule has 0 aromatic heterocycles. The van der Waals surface area contributed by atoms with E-state index in [-0.39, 0.29) is 5.69 Å². The largest absolute Gasteiger partial charge is 0.329 e. The number of hydrogen-bond acceptors (Lipinski definition) is 3. The molecule has 0 spiro atoms. The Hall–Kier alpha value is -2.54. The molecule has 0 aliphatic carbocycles. The number of carbonyl (C=O) groups is 2. The number of para-hydroxylation sites is 1. The molecule has 2 rings (SSSR count). The third-order valence-corrected chi connectivity index (χ3v) is 3.44. The minimum absolute atomic E-state index is 0.0683. The fourth-order valence-corrected chi connectivity index (χ4v) is 1.95. The Balaban J connectivity index is 1.98. The lowest BCUT2D eigenvalue weighted by molar-refractivity contribution is -0.136. The minimum Gasteiger partial charge on any atom is -0.315 e. The summed E-state index contributed by atoms with van der Waals surface area (Å²) in [5.41, 5.74) is 3.40. The summed E-state index contributed by atoms with van der Waals surface area (Å²) in [6.45, 7) is 1.69. The van der Waals surface area contributed by atoms with Gasteiger partial charge in [0.25, 0.3) is 0 Å². The second-order valence-electron chi connectivity index (χ2n) is 4.58. The zero-order valence-electron chi connectivity index (χ0n) is 12.1. The van der Waals surface area contributed by atoms with Gasteiger partial charge in [-0.3, -0.25) is 9.59 Å². The number of nitrogens with zero attached hydrogens (tertiary/aromatic N) is 1. The van der Waals surface area contributed by atoms with Crippen molar-refractivity contribution in [3.8, 4) is 0 Å². The van der Waals surface area contributed by atoms with E-state index >= 15 is 0 Å². The molecular formula is C16H13BrFN3O2. The zero-order valence-corrected chi connectivity index (χ0v) is 13.7. The van der Waals surface area contributed by atoms with E-state index in [1.807, 2.05) is 24.3 Å². The van der Waals surface area contributed by atoms with Gasteiger partial charge in [-0.15, -0.1) is 0 Å². The third-order valence-electron chi connectivity index (χ3n) is 2.92. The van der Waals surface area contributed by atoms with Gasteiger partial charge >= 0.3 is 11.8 Å². The Morgan fingerprint density at radius 2 is 1.70 bits per heavy atom. The first-order valence-corrected chi connectivity index (χ1v) is 7.43. The Morgan fingerprint density at radius 3 is 2.35 bits per heavy atom. The van der Waals surface area contributed by atoms with Gasteiger partial charge in [0.15, 0.2) is 0 Å². The normalized spacial score (nSPS) is 11.0. The van der Waals surface area contributed by atoms with Crippen LogP contribution in [0.4, 0.5) is 10.1 Å². The van der Waals surface area contributed by atoms with Crippen molar-refractivity contribution in [2.75, 3.05) is 5.32 Å². The molecule has 5 nitrogen and oxygen atoms in total. The maximum atomic E-state index is 13.4. The SMILES string of the molecule is C/C(=N\NC(=O)C(=O)Nc1ccccc1F)c1ccc(Br)cc1. The summed E-state index contributed by atoms with van der Waals surface area (Å²) in [5, 5.41) is 6.04. The van der Waals surface area contributed by atoms with Crippen LogP contribution in [-0.2, 0) is 9.59 Å². The lowest BCUT2D eigenvalue weighted by Crippen LogP contribution is -2.33. The molecule has 0 radical (unpaired) electrons. The van der Waals surface area contributed by atoms with Gasteiger partial charge in [0.1, 0.15) is 5.82 Å². The highest BCUT2D eigenvalue weighted by Gasteiger charge is 2.15. The Morgan fingerprint density at radius 1 is 1.04 bits per heavy atom. The summed E-state index contributed by atoms with van der Waals surface area (Å²) in [5.74, 6) is -2.60. The van der Waals surface area contributed by atoms with Crippen LogP contribution in [0.2, 0.25) is 0 Å². The van der Waals surface area contributed by atoms with Gasteiger partial charge in [-0.2, -0.15) is 5.10 Å². The van der Waals surface area contributed by atoms with Crippen molar-refractivity contribution in [2.45, 2.75) is 6.92 Å². The summed E-state index contributed by atoms with van der Waals surface area (Å²) in [4.78, 5) is 23.4. The number of hydrogen-bond donors (Lipinski definition) is 2. The average Bonchev–Trinajstić information content (AvgIpc) is 2.55. The van der Waals surface area contributed by atoms with E-state index in [0.29, 0.717) is 5.71 Å². The molecule has 7 heteroatoms. The van der Waals surface area contributed by atoms with Crippen LogP contribution in [0.25, 0.3) is 0 Å². The molecule has 2 N–H and O–H groups in total. The molecule has 2 aromatic rings. The molecule has 23 heavy (non-hydrogen) atoms. The molecular weight excluding hydrogens is 365 g/mol. The van der Waals surface area contributed by atoms with Gasteiger partial charge < -0.3 is 5.32 Å². The Bertz CT molecular complexity index is 760. The fraction of sp³-hybridized carbons (Fsp3) is 0.0625. The van der Waals surface area contributed by atoms with Crippen molar-refractivity contribution in [1.82, 2.24) is 5.43 Å². The average molecular weight is 378 g/mol. The summed E-state index contributed by atoms with van der Waals surface area (Å²) in [7, 11) is 0. The van der Waals surface area contributed by atoms with E-state index in [0.717, 1.165) is 10.0 Å². The third kappa shape index (κ3) is 4.72. The van der Waals surface area contributed by atoms with Gasteiger partial charge in [-0.25, -0.2) is 9.82 Å². The number of hydrazone groups is 1. The number of benzene rings is 2. The van der Waals surface area contributed by atoms with Crippen LogP contribution in [0.1, 0.15) is 12.5 Å². The standard InChI is InChI=1S/C16H13BrFN3O2/c1-10(11-6-8-12(17)9-7-11)20-21-16(23)15(22)19-14-5-3-2-4-13(14)18/h2-9H,1H3,(H,19,22)(H,21,23)/b20-10+. The monoisotopic (exact) mass is 377 g/mol. The second-order valence-corrected chi connectivity index (χ2v) is 5.49. The van der Waals surface area contributed by atoms with E-state index in [1.54, 1.807) is 13.0 Å². The number of rotatable bonds is 3. The van der Waals surface area contributed by atoms with Crippen LogP contribution >= 0.6 is 15.9 Å². The summed E-state index contributed by atoms with van der Waals surface area (Å²) in [6.07, 6.45) is 0. The van der Waals surface area contributed by atoms with Gasteiger partial charge in [-0.1, -0.05) is 40.2 Å². The van der Waals surface area contributed by atoms with Crippen LogP contribution in [0.5, 0.6) is 0 Å². The van der Waals surface area contributed by atoms with E-state index in [4.69, 9.17) is 0 Å². The Kier molecular flexibility index (Phi) is 5.59. The molecule has 0 aliphatic heterocycles. The molecule has 0 aliphatic rings. The summed E-state index contributed by atoms with van der Waals surface area (Å²) in [6, 6.07) is 12.9. The molecule has 0 bridgehead atoms. The van der Waals surface area contributed by atoms with Crippen LogP contribution in [-0.4, -0.2) is 17.5 Å². The summed E-state index contributed by atoms with van der Waals surface area (Å²) >= 11 is 3.32. The van der Waals surface area contributed by atoms with Gasteiger partial charge in [0.2, 0.25) is 0 Å². The number of carbonyl (C=O) groups excluding carboxylic acids is 2. The first kappa shape index (κ1) is 16.8. The molecule has 0 heterocycles. The van der Waals surface area contributed by atoms with Crippen LogP contribution in [0.15, 0.2) is 58.1 Å². The second kappa shape index (κ2) is 7.64. The molecule has 0 saturated heterocycles. The topological polar surface area (TPSA) is 70.6 Å². The minimum atomic E-state index is -0.998. The van der Waals surface area contributed by atoms with Crippen molar-refractivity contribution in [2.24, 2.45) is 5.10 Å². The van der Waals surface area contributed by atoms with E-state index in [9.17, 15) is 14.0 Å². The molecule has 2 amide bonds. The van der Waals surface area contributed by atoms with Crippen molar-refractivity contribution in [1.29, 1.82) is 0 Å². The molecule has 2 aromatic carbocycles. The predicted molar refractivity (Wildman–Crippen MR) is 89.5 cm³/mol. The highest BCUT2D eigenvalue weighted by atomic mass is 79.9. The molecule has 0 fully saturated rings. The first-order valence-electron chi connectivity index (χ1n) is 6.63. The smallest absolute Gasteiger partial charge is 0.315 e. The first-order chi connectivity index (χ1) is 11.0. The van der Waals surface area contributed by atoms with Crippen LogP contribution in [0.3, 0.4) is 0 Å². The van der Waals surface area contributed by atoms with Crippen molar-refractivity contribution in [3.05, 3.63) is 64.4 Å². The predicted octanol–water partition coefficient (Wildman–Crippen LogP) is 3.07. The zero-order chi connectivity index (χ0) is 16.8. The van der Waals surface area contributed by atoms with Gasteiger partial charge in [0, 0.05) is 4.47 Å². The van der Waals surface area contributed by atoms with Crippen LogP contribution < -0.4 is 10.7 Å². The number of nitrogens with one attached hydrogen (secondary N) is 2. The highest BCUT2D eigenvalue weighted by molar-refractivity contribution is 9.10. The quantitative estimate of drug-likeness (QED) is 0.490. The lowest BCUT2D eigenvalue weighted by Gasteiger charge is -2.05. The Labute approximate surface area is 140 Å². The fourth-order valence-electron chi connectivity index (χ4n) is 1.68. The summed E-state index contributed by atoms with van der Waals surface area (Å²) < 4.78 is 14.3. The van der Waals surface area contributed by atoms with E-state index in [2.05, 4.69) is 31.8 Å². The maximum Gasteiger partial charge on any atom is 0.329 e. The molecule has 0 saturated carbocycles. The van der Waals surface area contributed by atoms with Crippen molar-refractivity contribution in [3.63, 3.8) is 0 Å². The van der Waals surface area contributed by atoms with E-state index < -0.39 is 17.6 Å². The maximum absolute atomic E-state index is 13.4. The van der Waals surface area contributed by atoms with Gasteiger partial charge in [-0.05, 0) is 36.8 Å². The molecule has 0 atom stereocenters. The number of amides is 2. The number of anilines is 1. The molecule has 0 unspecified atom stereocenters. The number of halogens is 2. The van der Waals surface area contributed by atoms with Crippen LogP contribution in [0, 0.1) is 5.82 Å².